The van der Waals surface area contributed by atoms with Crippen LogP contribution in [0.25, 0.3) is 11.1 Å². The number of rotatable bonds is 1. The van der Waals surface area contributed by atoms with Crippen LogP contribution in [0.15, 0.2) is 97.1 Å². The molecule has 4 rings (SSSR count). The Hall–Kier alpha value is -4.40. The Labute approximate surface area is 177 Å². The molecule has 4 N–H and O–H groups in total. The van der Waals surface area contributed by atoms with E-state index in [9.17, 15) is 0 Å². The van der Waals surface area contributed by atoms with Crippen LogP contribution in [0.5, 0.6) is 0 Å². The van der Waals surface area contributed by atoms with Gasteiger partial charge >= 0.3 is 0 Å². The number of nitrogen functional groups attached to an aromatic ring is 2. The predicted molar refractivity (Wildman–Crippen MR) is 126 cm³/mol. The molecular formula is C28H20N2. The fourth-order valence-corrected chi connectivity index (χ4v) is 3.11. The van der Waals surface area contributed by atoms with Crippen LogP contribution in [0.1, 0.15) is 22.3 Å². The van der Waals surface area contributed by atoms with Crippen molar-refractivity contribution in [2.24, 2.45) is 0 Å². The molecule has 0 aliphatic rings. The normalized spacial score (nSPS) is 9.73. The molecule has 0 spiro atoms. The fraction of sp³-hybridized carbons (Fsp3) is 0. The van der Waals surface area contributed by atoms with Crippen LogP contribution < -0.4 is 11.5 Å². The summed E-state index contributed by atoms with van der Waals surface area (Å²) in [7, 11) is 0. The summed E-state index contributed by atoms with van der Waals surface area (Å²) >= 11 is 0. The number of nitrogens with two attached hydrogens (primary N) is 2. The van der Waals surface area contributed by atoms with Crippen molar-refractivity contribution >= 4 is 11.4 Å². The van der Waals surface area contributed by atoms with Crippen LogP contribution >= 0.6 is 0 Å². The zero-order valence-corrected chi connectivity index (χ0v) is 16.4. The van der Waals surface area contributed by atoms with Crippen LogP contribution in [0, 0.1) is 23.7 Å². The summed E-state index contributed by atoms with van der Waals surface area (Å²) in [5, 5.41) is 0. The van der Waals surface area contributed by atoms with Gasteiger partial charge in [-0.05, 0) is 60.7 Å². The first-order valence-electron chi connectivity index (χ1n) is 9.62. The van der Waals surface area contributed by atoms with Gasteiger partial charge in [0.15, 0.2) is 0 Å². The van der Waals surface area contributed by atoms with E-state index in [4.69, 9.17) is 11.5 Å². The van der Waals surface area contributed by atoms with Gasteiger partial charge in [-0.1, -0.05) is 60.1 Å². The molecule has 0 heterocycles. The lowest BCUT2D eigenvalue weighted by molar-refractivity contribution is 1.55. The molecule has 0 bridgehead atoms. The maximum Gasteiger partial charge on any atom is 0.0329 e. The van der Waals surface area contributed by atoms with Crippen molar-refractivity contribution in [3.05, 3.63) is 119 Å². The van der Waals surface area contributed by atoms with E-state index in [2.05, 4.69) is 23.7 Å². The lowest BCUT2D eigenvalue weighted by atomic mass is 9.94. The first-order valence-corrected chi connectivity index (χ1v) is 9.62. The second-order valence-corrected chi connectivity index (χ2v) is 6.84. The van der Waals surface area contributed by atoms with E-state index in [-0.39, 0.29) is 0 Å². The largest absolute Gasteiger partial charge is 0.399 e. The number of benzene rings is 4. The Kier molecular flexibility index (Phi) is 5.52. The van der Waals surface area contributed by atoms with E-state index in [1.54, 1.807) is 0 Å². The molecule has 0 aliphatic heterocycles. The minimum absolute atomic E-state index is 0.666. The molecule has 0 aromatic heterocycles. The van der Waals surface area contributed by atoms with Gasteiger partial charge in [0, 0.05) is 44.8 Å². The molecule has 0 aliphatic carbocycles. The molecule has 0 fully saturated rings. The molecule has 4 aromatic rings. The van der Waals surface area contributed by atoms with Crippen molar-refractivity contribution in [2.45, 2.75) is 0 Å². The molecule has 0 unspecified atom stereocenters. The minimum atomic E-state index is 0.666. The zero-order valence-electron chi connectivity index (χ0n) is 16.4. The van der Waals surface area contributed by atoms with E-state index >= 15 is 0 Å². The average molecular weight is 384 g/mol. The molecular weight excluding hydrogens is 364 g/mol. The van der Waals surface area contributed by atoms with Crippen molar-refractivity contribution < 1.29 is 0 Å². The molecule has 4 aromatic carbocycles. The van der Waals surface area contributed by atoms with E-state index in [1.165, 1.54) is 0 Å². The summed E-state index contributed by atoms with van der Waals surface area (Å²) in [4.78, 5) is 0. The lowest BCUT2D eigenvalue weighted by Gasteiger charge is -2.10. The van der Waals surface area contributed by atoms with E-state index in [0.29, 0.717) is 11.4 Å². The van der Waals surface area contributed by atoms with Gasteiger partial charge in [-0.15, -0.1) is 0 Å². The minimum Gasteiger partial charge on any atom is -0.399 e. The Morgan fingerprint density at radius 2 is 0.833 bits per heavy atom. The molecule has 2 heteroatoms. The summed E-state index contributed by atoms with van der Waals surface area (Å²) in [6.07, 6.45) is 0. The maximum absolute atomic E-state index is 6.11. The van der Waals surface area contributed by atoms with Crippen molar-refractivity contribution in [3.63, 3.8) is 0 Å². The molecule has 30 heavy (non-hydrogen) atoms. The van der Waals surface area contributed by atoms with Crippen LogP contribution in [-0.4, -0.2) is 0 Å². The van der Waals surface area contributed by atoms with Gasteiger partial charge < -0.3 is 11.5 Å². The molecule has 0 atom stereocenters. The van der Waals surface area contributed by atoms with Crippen molar-refractivity contribution in [3.8, 4) is 34.8 Å². The molecule has 0 amide bonds. The Morgan fingerprint density at radius 1 is 0.433 bits per heavy atom. The molecule has 0 saturated carbocycles. The Balaban J connectivity index is 1.83. The zero-order chi connectivity index (χ0) is 20.8. The van der Waals surface area contributed by atoms with Gasteiger partial charge in [-0.2, -0.15) is 0 Å². The highest BCUT2D eigenvalue weighted by atomic mass is 14.5. The smallest absolute Gasteiger partial charge is 0.0329 e. The highest BCUT2D eigenvalue weighted by molar-refractivity contribution is 5.81. The van der Waals surface area contributed by atoms with Gasteiger partial charge in [0.05, 0.1) is 0 Å². The summed E-state index contributed by atoms with van der Waals surface area (Å²) < 4.78 is 0. The quantitative estimate of drug-likeness (QED) is 0.345. The van der Waals surface area contributed by atoms with Gasteiger partial charge in [0.2, 0.25) is 0 Å². The maximum atomic E-state index is 6.11. The standard InChI is InChI=1S/C28H20N2/c29-25-17-15-23(13-11-21-7-3-1-4-8-21)27(19-25)28-20-26(30)18-16-24(28)14-12-22-9-5-2-6-10-22/h1-10,15-20H,29-30H2. The van der Waals surface area contributed by atoms with Gasteiger partial charge in [0.25, 0.3) is 0 Å². The topological polar surface area (TPSA) is 52.0 Å². The number of hydrogen-bond acceptors (Lipinski definition) is 2. The third-order valence-corrected chi connectivity index (χ3v) is 4.61. The number of anilines is 2. The van der Waals surface area contributed by atoms with Crippen molar-refractivity contribution in [2.75, 3.05) is 11.5 Å². The summed E-state index contributed by atoms with van der Waals surface area (Å²) in [5.74, 6) is 13.0. The highest BCUT2D eigenvalue weighted by Gasteiger charge is 2.09. The van der Waals surface area contributed by atoms with E-state index < -0.39 is 0 Å². The molecule has 142 valence electrons. The molecule has 0 saturated heterocycles. The summed E-state index contributed by atoms with van der Waals surface area (Å²) in [5.41, 5.74) is 19.1. The molecule has 2 nitrogen and oxygen atoms in total. The predicted octanol–water partition coefficient (Wildman–Crippen LogP) is 5.32. The van der Waals surface area contributed by atoms with Crippen LogP contribution in [0.2, 0.25) is 0 Å². The number of hydrogen-bond donors (Lipinski definition) is 2. The van der Waals surface area contributed by atoms with Crippen LogP contribution in [-0.2, 0) is 0 Å². The first kappa shape index (κ1) is 18.9. The van der Waals surface area contributed by atoms with Gasteiger partial charge in [-0.3, -0.25) is 0 Å². The highest BCUT2D eigenvalue weighted by Crippen LogP contribution is 2.30. The Bertz CT molecular complexity index is 1190. The first-order chi connectivity index (χ1) is 14.7. The second-order valence-electron chi connectivity index (χ2n) is 6.84. The third-order valence-electron chi connectivity index (χ3n) is 4.61. The Morgan fingerprint density at radius 3 is 1.23 bits per heavy atom. The van der Waals surface area contributed by atoms with E-state index in [1.807, 2.05) is 97.1 Å². The lowest BCUT2D eigenvalue weighted by Crippen LogP contribution is -1.94. The van der Waals surface area contributed by atoms with Crippen LogP contribution in [0.3, 0.4) is 0 Å². The average Bonchev–Trinajstić information content (AvgIpc) is 2.79. The monoisotopic (exact) mass is 384 g/mol. The van der Waals surface area contributed by atoms with Gasteiger partial charge in [-0.25, -0.2) is 0 Å². The van der Waals surface area contributed by atoms with Gasteiger partial charge in [0.1, 0.15) is 0 Å². The summed E-state index contributed by atoms with van der Waals surface area (Å²) in [6, 6.07) is 31.3. The van der Waals surface area contributed by atoms with Crippen LogP contribution in [0.4, 0.5) is 11.4 Å². The van der Waals surface area contributed by atoms with E-state index in [0.717, 1.165) is 33.4 Å². The second kappa shape index (κ2) is 8.74. The fourth-order valence-electron chi connectivity index (χ4n) is 3.11. The summed E-state index contributed by atoms with van der Waals surface area (Å²) in [6.45, 7) is 0. The van der Waals surface area contributed by atoms with Crippen molar-refractivity contribution in [1.29, 1.82) is 0 Å². The third kappa shape index (κ3) is 4.53. The molecule has 0 radical (unpaired) electrons. The van der Waals surface area contributed by atoms with Crippen molar-refractivity contribution in [1.82, 2.24) is 0 Å². The SMILES string of the molecule is Nc1ccc(C#Cc2ccccc2)c(-c2cc(N)ccc2C#Cc2ccccc2)c1.